The van der Waals surface area contributed by atoms with Crippen LogP contribution >= 0.6 is 11.3 Å². The molecule has 0 aliphatic heterocycles. The first-order valence-corrected chi connectivity index (χ1v) is 9.82. The molecule has 0 spiro atoms. The zero-order chi connectivity index (χ0) is 19.6. The highest BCUT2D eigenvalue weighted by atomic mass is 32.1. The highest BCUT2D eigenvalue weighted by Gasteiger charge is 2.12. The number of hydrogen-bond acceptors (Lipinski definition) is 3. The van der Waals surface area contributed by atoms with Crippen LogP contribution in [0.2, 0.25) is 0 Å². The Balaban J connectivity index is 1.71. The average Bonchev–Trinajstić information content (AvgIpc) is 2.93. The number of fused-ring (bicyclic) bond motifs is 1. The van der Waals surface area contributed by atoms with E-state index in [9.17, 15) is 9.59 Å². The summed E-state index contributed by atoms with van der Waals surface area (Å²) in [6.45, 7) is 9.11. The van der Waals surface area contributed by atoms with E-state index in [2.05, 4.69) is 38.2 Å². The number of hydrogen-bond donors (Lipinski definition) is 1. The van der Waals surface area contributed by atoms with Crippen molar-refractivity contribution in [2.75, 3.05) is 5.32 Å². The number of benzene rings is 2. The number of aryl methyl sites for hydroxylation is 1. The zero-order valence-electron chi connectivity index (χ0n) is 16.1. The lowest BCUT2D eigenvalue weighted by molar-refractivity contribution is -0.111. The topological polar surface area (TPSA) is 51.1 Å². The second-order valence-corrected chi connectivity index (χ2v) is 8.48. The highest BCUT2D eigenvalue weighted by molar-refractivity contribution is 7.16. The van der Waals surface area contributed by atoms with Gasteiger partial charge in [-0.05, 0) is 47.7 Å². The second kappa shape index (κ2) is 7.53. The summed E-state index contributed by atoms with van der Waals surface area (Å²) >= 11 is 1.20. The van der Waals surface area contributed by atoms with Crippen LogP contribution in [0.25, 0.3) is 16.3 Å². The summed E-state index contributed by atoms with van der Waals surface area (Å²) in [5, 5.41) is 2.86. The molecule has 1 amide bonds. The molecule has 0 unspecified atom stereocenters. The normalized spacial score (nSPS) is 12.0. The third kappa shape index (κ3) is 4.37. The van der Waals surface area contributed by atoms with Crippen LogP contribution < -0.4 is 10.2 Å². The Morgan fingerprint density at radius 1 is 1.15 bits per heavy atom. The number of amides is 1. The van der Waals surface area contributed by atoms with Gasteiger partial charge < -0.3 is 5.32 Å². The summed E-state index contributed by atoms with van der Waals surface area (Å²) in [5.41, 5.74) is 3.94. The van der Waals surface area contributed by atoms with Crippen molar-refractivity contribution in [3.05, 3.63) is 69.3 Å². The third-order valence-electron chi connectivity index (χ3n) is 4.46. The van der Waals surface area contributed by atoms with Gasteiger partial charge in [-0.25, -0.2) is 0 Å². The number of nitrogens with one attached hydrogen (secondary N) is 1. The van der Waals surface area contributed by atoms with Crippen LogP contribution in [0.5, 0.6) is 0 Å². The quantitative estimate of drug-likeness (QED) is 0.645. The van der Waals surface area contributed by atoms with Gasteiger partial charge in [0.1, 0.15) is 0 Å². The maximum Gasteiger partial charge on any atom is 0.308 e. The number of carbonyl (C=O) groups excluding carboxylic acids is 1. The Bertz CT molecular complexity index is 1050. The molecule has 1 N–H and O–H groups in total. The number of thiazole rings is 1. The number of aromatic nitrogens is 1. The van der Waals surface area contributed by atoms with E-state index in [1.54, 1.807) is 10.6 Å². The first kappa shape index (κ1) is 19.1. The molecular weight excluding hydrogens is 356 g/mol. The molecule has 3 rings (SSSR count). The predicted molar refractivity (Wildman–Crippen MR) is 115 cm³/mol. The van der Waals surface area contributed by atoms with E-state index in [4.69, 9.17) is 0 Å². The molecule has 2 aromatic carbocycles. The van der Waals surface area contributed by atoms with Gasteiger partial charge in [-0.3, -0.25) is 14.2 Å². The van der Waals surface area contributed by atoms with E-state index in [0.717, 1.165) is 15.8 Å². The summed E-state index contributed by atoms with van der Waals surface area (Å²) in [4.78, 5) is 24.2. The predicted octanol–water partition coefficient (Wildman–Crippen LogP) is 5.03. The molecule has 5 heteroatoms. The van der Waals surface area contributed by atoms with Gasteiger partial charge in [0.05, 0.1) is 10.2 Å². The first-order chi connectivity index (χ1) is 12.8. The third-order valence-corrected chi connectivity index (χ3v) is 5.40. The lowest BCUT2D eigenvalue weighted by Crippen LogP contribution is -2.10. The van der Waals surface area contributed by atoms with Gasteiger partial charge in [-0.2, -0.15) is 0 Å². The lowest BCUT2D eigenvalue weighted by Gasteiger charge is -2.18. The van der Waals surface area contributed by atoms with E-state index in [1.807, 2.05) is 37.3 Å². The van der Waals surface area contributed by atoms with Gasteiger partial charge in [0.2, 0.25) is 5.91 Å². The molecule has 27 heavy (non-hydrogen) atoms. The molecule has 0 radical (unpaired) electrons. The van der Waals surface area contributed by atoms with Crippen LogP contribution in [0.4, 0.5) is 5.69 Å². The zero-order valence-corrected chi connectivity index (χ0v) is 16.9. The molecule has 4 nitrogen and oxygen atoms in total. The second-order valence-electron chi connectivity index (χ2n) is 7.49. The fourth-order valence-electron chi connectivity index (χ4n) is 2.89. The Hall–Kier alpha value is -2.66. The molecule has 0 saturated heterocycles. The molecule has 0 aliphatic rings. The highest BCUT2D eigenvalue weighted by Crippen LogP contribution is 2.23. The maximum absolute atomic E-state index is 12.2. The van der Waals surface area contributed by atoms with Crippen molar-refractivity contribution in [2.24, 2.45) is 0 Å². The Labute approximate surface area is 163 Å². The van der Waals surface area contributed by atoms with Crippen molar-refractivity contribution in [3.63, 3.8) is 0 Å². The van der Waals surface area contributed by atoms with Gasteiger partial charge in [-0.1, -0.05) is 56.4 Å². The molecule has 1 heterocycles. The van der Waals surface area contributed by atoms with E-state index in [0.29, 0.717) is 12.2 Å². The van der Waals surface area contributed by atoms with Gasteiger partial charge in [0.15, 0.2) is 0 Å². The van der Waals surface area contributed by atoms with Crippen LogP contribution in [-0.4, -0.2) is 10.5 Å². The van der Waals surface area contributed by atoms with Crippen molar-refractivity contribution in [1.82, 2.24) is 4.57 Å². The number of anilines is 1. The van der Waals surface area contributed by atoms with Gasteiger partial charge in [0, 0.05) is 18.3 Å². The van der Waals surface area contributed by atoms with Crippen molar-refractivity contribution in [2.45, 2.75) is 39.7 Å². The molecule has 0 saturated carbocycles. The van der Waals surface area contributed by atoms with Crippen LogP contribution in [0.15, 0.2) is 53.3 Å². The van der Waals surface area contributed by atoms with Crippen molar-refractivity contribution in [3.8, 4) is 0 Å². The Morgan fingerprint density at radius 2 is 1.85 bits per heavy atom. The maximum atomic E-state index is 12.2. The average molecular weight is 381 g/mol. The van der Waals surface area contributed by atoms with Gasteiger partial charge in [0.25, 0.3) is 0 Å². The van der Waals surface area contributed by atoms with E-state index >= 15 is 0 Å². The molecule has 0 bridgehead atoms. The van der Waals surface area contributed by atoms with Gasteiger partial charge in [-0.15, -0.1) is 0 Å². The summed E-state index contributed by atoms with van der Waals surface area (Å²) in [5.74, 6) is -0.198. The van der Waals surface area contributed by atoms with Crippen molar-refractivity contribution >= 4 is 39.2 Å². The Morgan fingerprint density at radius 3 is 2.48 bits per heavy atom. The fourth-order valence-corrected chi connectivity index (χ4v) is 3.89. The smallest absolute Gasteiger partial charge is 0.308 e. The molecule has 140 valence electrons. The molecule has 0 aliphatic carbocycles. The van der Waals surface area contributed by atoms with E-state index in [-0.39, 0.29) is 16.2 Å². The summed E-state index contributed by atoms with van der Waals surface area (Å²) < 4.78 is 2.61. The molecule has 0 fully saturated rings. The monoisotopic (exact) mass is 380 g/mol. The Kier molecular flexibility index (Phi) is 5.33. The van der Waals surface area contributed by atoms with Crippen molar-refractivity contribution < 1.29 is 4.79 Å². The number of rotatable bonds is 4. The minimum atomic E-state index is -0.198. The van der Waals surface area contributed by atoms with Crippen LogP contribution in [0, 0.1) is 0 Å². The van der Waals surface area contributed by atoms with E-state index < -0.39 is 0 Å². The number of carbonyl (C=O) groups is 1. The molecule has 1 aromatic heterocycles. The summed E-state index contributed by atoms with van der Waals surface area (Å²) in [6, 6.07) is 13.8. The fraction of sp³-hybridized carbons (Fsp3) is 0.273. The number of nitrogens with zero attached hydrogens (tertiary/aromatic N) is 1. The molecule has 0 atom stereocenters. The molecular formula is C22H24N2O2S. The first-order valence-electron chi connectivity index (χ1n) is 9.01. The summed E-state index contributed by atoms with van der Waals surface area (Å²) in [6.07, 6.45) is 3.32. The largest absolute Gasteiger partial charge is 0.322 e. The standard InChI is InChI=1S/C22H24N2O2S/c1-5-24-18-12-11-17(14-19(18)27-21(24)26)23-20(25)13-8-15-6-9-16(10-7-15)22(2,3)4/h6-14H,5H2,1-4H3,(H,23,25)/b13-8+. The summed E-state index contributed by atoms with van der Waals surface area (Å²) in [7, 11) is 0. The van der Waals surface area contributed by atoms with Crippen LogP contribution in [0.3, 0.4) is 0 Å². The van der Waals surface area contributed by atoms with Crippen LogP contribution in [-0.2, 0) is 16.8 Å². The molecule has 3 aromatic rings. The van der Waals surface area contributed by atoms with Gasteiger partial charge >= 0.3 is 4.87 Å². The van der Waals surface area contributed by atoms with Crippen molar-refractivity contribution in [1.29, 1.82) is 0 Å². The SMILES string of the molecule is CCn1c(=O)sc2cc(NC(=O)/C=C/c3ccc(C(C)(C)C)cc3)ccc21. The minimum absolute atomic E-state index is 0.0228. The van der Waals surface area contributed by atoms with Crippen LogP contribution in [0.1, 0.15) is 38.8 Å². The van der Waals surface area contributed by atoms with E-state index in [1.165, 1.54) is 23.0 Å². The lowest BCUT2D eigenvalue weighted by atomic mass is 9.87. The minimum Gasteiger partial charge on any atom is -0.322 e.